The number of guanidine groups is 1. The summed E-state index contributed by atoms with van der Waals surface area (Å²) in [4.78, 5) is 14.3. The fourth-order valence-electron chi connectivity index (χ4n) is 3.26. The topological polar surface area (TPSA) is 58.3 Å². The van der Waals surface area contributed by atoms with Crippen LogP contribution in [0.1, 0.15) is 30.1 Å². The first-order valence-electron chi connectivity index (χ1n) is 8.83. The zero-order chi connectivity index (χ0) is 19.4. The first-order chi connectivity index (χ1) is 12.9. The predicted molar refractivity (Wildman–Crippen MR) is 98.8 cm³/mol. The Morgan fingerprint density at radius 1 is 1.44 bits per heavy atom. The van der Waals surface area contributed by atoms with Crippen LogP contribution in [0.2, 0.25) is 0 Å². The lowest BCUT2D eigenvalue weighted by Gasteiger charge is -2.39. The van der Waals surface area contributed by atoms with Crippen LogP contribution in [0.15, 0.2) is 29.1 Å². The molecule has 148 valence electrons. The van der Waals surface area contributed by atoms with Crippen molar-refractivity contribution in [2.24, 2.45) is 10.9 Å². The third kappa shape index (κ3) is 4.79. The highest BCUT2D eigenvalue weighted by Crippen LogP contribution is 2.30. The summed E-state index contributed by atoms with van der Waals surface area (Å²) < 4.78 is 40.0. The molecule has 3 rings (SSSR count). The molecule has 0 radical (unpaired) electrons. The molecule has 2 aromatic rings. The van der Waals surface area contributed by atoms with Gasteiger partial charge in [0.1, 0.15) is 0 Å². The number of likely N-dealkylation sites (tertiary alicyclic amines) is 1. The number of aromatic nitrogens is 3. The Bertz CT molecular complexity index is 755. The first kappa shape index (κ1) is 19.7. The highest BCUT2D eigenvalue weighted by molar-refractivity contribution is 7.09. The molecule has 0 saturated carbocycles. The molecule has 0 spiro atoms. The number of hydrogen-bond acceptors (Lipinski definition) is 4. The van der Waals surface area contributed by atoms with Gasteiger partial charge in [-0.15, -0.1) is 11.3 Å². The van der Waals surface area contributed by atoms with Crippen LogP contribution in [0, 0.1) is 5.92 Å². The summed E-state index contributed by atoms with van der Waals surface area (Å²) in [5.41, 5.74) is -0.819. The van der Waals surface area contributed by atoms with Gasteiger partial charge in [0.15, 0.2) is 11.7 Å². The molecule has 3 heterocycles. The van der Waals surface area contributed by atoms with Crippen LogP contribution in [0.3, 0.4) is 0 Å². The van der Waals surface area contributed by atoms with Crippen LogP contribution >= 0.6 is 11.3 Å². The Kier molecular flexibility index (Phi) is 6.03. The Morgan fingerprint density at radius 2 is 2.26 bits per heavy atom. The SMILES string of the molecule is CN=C(NCCc1nc(C(F)(F)F)cs1)N1CCC(C)C(n2ccnc2)C1. The maximum absolute atomic E-state index is 12.6. The number of nitrogens with zero attached hydrogens (tertiary/aromatic N) is 5. The molecule has 2 aromatic heterocycles. The van der Waals surface area contributed by atoms with Crippen LogP contribution in [-0.4, -0.2) is 52.1 Å². The second-order valence-corrected chi connectivity index (χ2v) is 7.58. The molecule has 27 heavy (non-hydrogen) atoms. The van der Waals surface area contributed by atoms with Gasteiger partial charge in [-0.05, 0) is 12.3 Å². The minimum Gasteiger partial charge on any atom is -0.356 e. The standard InChI is InChI=1S/C17H23F3N6S/c1-12-4-7-25(9-13(12)26-8-6-22-11-26)16(21-2)23-5-3-15-24-14(10-27-15)17(18,19)20/h6,8,10-13H,3-5,7,9H2,1-2H3,(H,21,23). The van der Waals surface area contributed by atoms with Gasteiger partial charge in [0.2, 0.25) is 0 Å². The number of rotatable bonds is 4. The minimum absolute atomic E-state index is 0.313. The van der Waals surface area contributed by atoms with E-state index in [4.69, 9.17) is 0 Å². The Hall–Kier alpha value is -2.10. The average molecular weight is 400 g/mol. The summed E-state index contributed by atoms with van der Waals surface area (Å²) in [6, 6.07) is 0.313. The zero-order valence-electron chi connectivity index (χ0n) is 15.3. The van der Waals surface area contributed by atoms with Gasteiger partial charge in [-0.25, -0.2) is 9.97 Å². The summed E-state index contributed by atoms with van der Waals surface area (Å²) >= 11 is 1.04. The number of piperidine rings is 1. The largest absolute Gasteiger partial charge is 0.434 e. The van der Waals surface area contributed by atoms with Crippen molar-refractivity contribution in [1.82, 2.24) is 24.8 Å². The van der Waals surface area contributed by atoms with Crippen LogP contribution < -0.4 is 5.32 Å². The van der Waals surface area contributed by atoms with Crippen molar-refractivity contribution in [2.75, 3.05) is 26.7 Å². The van der Waals surface area contributed by atoms with Gasteiger partial charge in [0.05, 0.1) is 17.4 Å². The van der Waals surface area contributed by atoms with Gasteiger partial charge in [-0.3, -0.25) is 4.99 Å². The van der Waals surface area contributed by atoms with Gasteiger partial charge in [-0.2, -0.15) is 13.2 Å². The predicted octanol–water partition coefficient (Wildman–Crippen LogP) is 3.06. The second-order valence-electron chi connectivity index (χ2n) is 6.64. The quantitative estimate of drug-likeness (QED) is 0.633. The number of alkyl halides is 3. The van der Waals surface area contributed by atoms with E-state index in [-0.39, 0.29) is 0 Å². The fourth-order valence-corrected chi connectivity index (χ4v) is 4.07. The van der Waals surface area contributed by atoms with E-state index in [1.54, 1.807) is 13.2 Å². The number of aliphatic imine (C=N–C) groups is 1. The molecule has 10 heteroatoms. The molecule has 1 N–H and O–H groups in total. The van der Waals surface area contributed by atoms with E-state index in [0.717, 1.165) is 42.2 Å². The van der Waals surface area contributed by atoms with E-state index < -0.39 is 11.9 Å². The lowest BCUT2D eigenvalue weighted by atomic mass is 9.93. The molecule has 0 bridgehead atoms. The fraction of sp³-hybridized carbons (Fsp3) is 0.588. The van der Waals surface area contributed by atoms with Crippen molar-refractivity contribution in [3.8, 4) is 0 Å². The Morgan fingerprint density at radius 3 is 2.89 bits per heavy atom. The molecule has 2 atom stereocenters. The third-order valence-corrected chi connectivity index (χ3v) is 5.71. The van der Waals surface area contributed by atoms with Crippen molar-refractivity contribution in [2.45, 2.75) is 32.0 Å². The second kappa shape index (κ2) is 8.28. The molecular weight excluding hydrogens is 377 g/mol. The van der Waals surface area contributed by atoms with E-state index >= 15 is 0 Å². The summed E-state index contributed by atoms with van der Waals surface area (Å²) in [6.07, 6.45) is 2.66. The molecule has 2 unspecified atom stereocenters. The third-order valence-electron chi connectivity index (χ3n) is 4.80. The van der Waals surface area contributed by atoms with Crippen molar-refractivity contribution >= 4 is 17.3 Å². The Balaban J connectivity index is 1.55. The van der Waals surface area contributed by atoms with E-state index in [1.807, 2.05) is 12.5 Å². The molecule has 1 saturated heterocycles. The lowest BCUT2D eigenvalue weighted by molar-refractivity contribution is -0.140. The minimum atomic E-state index is -4.38. The summed E-state index contributed by atoms with van der Waals surface area (Å²) in [6.45, 7) is 4.42. The van der Waals surface area contributed by atoms with Crippen LogP contribution in [0.4, 0.5) is 13.2 Å². The molecule has 0 amide bonds. The van der Waals surface area contributed by atoms with E-state index in [0.29, 0.717) is 29.9 Å². The van der Waals surface area contributed by atoms with Crippen molar-refractivity contribution in [3.05, 3.63) is 34.8 Å². The molecule has 6 nitrogen and oxygen atoms in total. The van der Waals surface area contributed by atoms with Crippen LogP contribution in [0.5, 0.6) is 0 Å². The van der Waals surface area contributed by atoms with E-state index in [1.165, 1.54) is 0 Å². The Labute approximate surface area is 160 Å². The first-order valence-corrected chi connectivity index (χ1v) is 9.71. The number of imidazole rings is 1. The van der Waals surface area contributed by atoms with Crippen molar-refractivity contribution in [3.63, 3.8) is 0 Å². The molecular formula is C17H23F3N6S. The van der Waals surface area contributed by atoms with E-state index in [9.17, 15) is 13.2 Å². The van der Waals surface area contributed by atoms with Gasteiger partial charge in [0, 0.05) is 50.9 Å². The monoisotopic (exact) mass is 400 g/mol. The van der Waals surface area contributed by atoms with Gasteiger partial charge in [-0.1, -0.05) is 6.92 Å². The lowest BCUT2D eigenvalue weighted by Crippen LogP contribution is -2.49. The number of hydrogen-bond donors (Lipinski definition) is 1. The molecule has 0 aromatic carbocycles. The molecule has 1 aliphatic rings. The molecule has 0 aliphatic carbocycles. The zero-order valence-corrected chi connectivity index (χ0v) is 16.1. The summed E-state index contributed by atoms with van der Waals surface area (Å²) in [7, 11) is 1.72. The van der Waals surface area contributed by atoms with Crippen molar-refractivity contribution in [1.29, 1.82) is 0 Å². The van der Waals surface area contributed by atoms with Crippen molar-refractivity contribution < 1.29 is 13.2 Å². The summed E-state index contributed by atoms with van der Waals surface area (Å²) in [5.74, 6) is 1.30. The van der Waals surface area contributed by atoms with E-state index in [2.05, 4.69) is 36.7 Å². The maximum atomic E-state index is 12.6. The smallest absolute Gasteiger partial charge is 0.356 e. The number of thiazole rings is 1. The average Bonchev–Trinajstić information content (AvgIpc) is 3.31. The van der Waals surface area contributed by atoms with Gasteiger partial charge < -0.3 is 14.8 Å². The van der Waals surface area contributed by atoms with Gasteiger partial charge >= 0.3 is 6.18 Å². The molecule has 1 fully saturated rings. The highest BCUT2D eigenvalue weighted by atomic mass is 32.1. The van der Waals surface area contributed by atoms with Gasteiger partial charge in [0.25, 0.3) is 0 Å². The van der Waals surface area contributed by atoms with Crippen LogP contribution in [0.25, 0.3) is 0 Å². The maximum Gasteiger partial charge on any atom is 0.434 e. The summed E-state index contributed by atoms with van der Waals surface area (Å²) in [5, 5.41) is 4.78. The number of halogens is 3. The van der Waals surface area contributed by atoms with Crippen LogP contribution in [-0.2, 0) is 12.6 Å². The molecule has 1 aliphatic heterocycles. The highest BCUT2D eigenvalue weighted by Gasteiger charge is 2.33. The number of nitrogens with one attached hydrogen (secondary N) is 1. The normalized spacial score (nSPS) is 21.5.